The SMILES string of the molecule is CCN(Cc1nc2cc(Cl)ccc2c(=O)[nH]1)C(=O)CCc1ccc(Cl)cc1. The summed E-state index contributed by atoms with van der Waals surface area (Å²) in [6.07, 6.45) is 1.00. The van der Waals surface area contributed by atoms with Crippen molar-refractivity contribution in [3.05, 3.63) is 74.3 Å². The average Bonchev–Trinajstić information content (AvgIpc) is 2.65. The van der Waals surface area contributed by atoms with E-state index < -0.39 is 0 Å². The zero-order chi connectivity index (χ0) is 19.4. The van der Waals surface area contributed by atoms with Gasteiger partial charge in [0.25, 0.3) is 5.56 Å². The summed E-state index contributed by atoms with van der Waals surface area (Å²) in [6, 6.07) is 12.4. The standard InChI is InChI=1S/C20H19Cl2N3O2/c1-2-25(19(26)10-5-13-3-6-14(21)7-4-13)12-18-23-17-11-15(22)8-9-16(17)20(27)24-18/h3-4,6-9,11H,2,5,10,12H2,1H3,(H,23,24,27). The van der Waals surface area contributed by atoms with Crippen LogP contribution in [0.2, 0.25) is 10.0 Å². The van der Waals surface area contributed by atoms with Crippen molar-refractivity contribution in [3.63, 3.8) is 0 Å². The number of amides is 1. The normalized spacial score (nSPS) is 10.9. The first-order valence-electron chi connectivity index (χ1n) is 8.67. The molecule has 27 heavy (non-hydrogen) atoms. The number of aromatic nitrogens is 2. The molecule has 0 bridgehead atoms. The molecule has 1 heterocycles. The van der Waals surface area contributed by atoms with Crippen molar-refractivity contribution in [2.45, 2.75) is 26.3 Å². The minimum atomic E-state index is -0.240. The highest BCUT2D eigenvalue weighted by molar-refractivity contribution is 6.31. The predicted molar refractivity (Wildman–Crippen MR) is 108 cm³/mol. The second-order valence-electron chi connectivity index (χ2n) is 6.21. The number of nitrogens with zero attached hydrogens (tertiary/aromatic N) is 2. The molecule has 0 fully saturated rings. The van der Waals surface area contributed by atoms with Crippen LogP contribution in [0.15, 0.2) is 47.3 Å². The van der Waals surface area contributed by atoms with Crippen LogP contribution in [0.1, 0.15) is 24.7 Å². The molecule has 3 aromatic rings. The van der Waals surface area contributed by atoms with Gasteiger partial charge in [-0.25, -0.2) is 4.98 Å². The Morgan fingerprint density at radius 1 is 1.11 bits per heavy atom. The lowest BCUT2D eigenvalue weighted by Crippen LogP contribution is -2.32. The van der Waals surface area contributed by atoms with Crippen molar-refractivity contribution in [1.29, 1.82) is 0 Å². The summed E-state index contributed by atoms with van der Waals surface area (Å²) in [6.45, 7) is 2.67. The third kappa shape index (κ3) is 4.87. The smallest absolute Gasteiger partial charge is 0.258 e. The highest BCUT2D eigenvalue weighted by atomic mass is 35.5. The van der Waals surface area contributed by atoms with Crippen LogP contribution in [-0.4, -0.2) is 27.3 Å². The summed E-state index contributed by atoms with van der Waals surface area (Å²) in [5.74, 6) is 0.442. The van der Waals surface area contributed by atoms with Gasteiger partial charge in [0.15, 0.2) is 0 Å². The van der Waals surface area contributed by atoms with Gasteiger partial charge in [-0.2, -0.15) is 0 Å². The first-order chi connectivity index (χ1) is 13.0. The molecule has 2 aromatic carbocycles. The Bertz CT molecular complexity index is 1020. The van der Waals surface area contributed by atoms with Crippen molar-refractivity contribution in [2.75, 3.05) is 6.54 Å². The fourth-order valence-electron chi connectivity index (χ4n) is 2.85. The van der Waals surface area contributed by atoms with Crippen LogP contribution in [0.5, 0.6) is 0 Å². The van der Waals surface area contributed by atoms with Crippen molar-refractivity contribution < 1.29 is 4.79 Å². The molecule has 1 amide bonds. The van der Waals surface area contributed by atoms with Gasteiger partial charge in [0, 0.05) is 23.0 Å². The quantitative estimate of drug-likeness (QED) is 0.669. The Kier molecular flexibility index (Phi) is 6.14. The molecule has 1 N–H and O–H groups in total. The molecule has 0 aliphatic carbocycles. The Labute approximate surface area is 166 Å². The van der Waals surface area contributed by atoms with Crippen LogP contribution in [0.3, 0.4) is 0 Å². The lowest BCUT2D eigenvalue weighted by atomic mass is 10.1. The summed E-state index contributed by atoms with van der Waals surface area (Å²) >= 11 is 11.9. The Morgan fingerprint density at radius 3 is 2.52 bits per heavy atom. The van der Waals surface area contributed by atoms with Gasteiger partial charge in [0.2, 0.25) is 5.91 Å². The van der Waals surface area contributed by atoms with Gasteiger partial charge in [0.05, 0.1) is 17.4 Å². The summed E-state index contributed by atoms with van der Waals surface area (Å²) < 4.78 is 0. The van der Waals surface area contributed by atoms with E-state index in [4.69, 9.17) is 23.2 Å². The van der Waals surface area contributed by atoms with E-state index in [2.05, 4.69) is 9.97 Å². The fourth-order valence-corrected chi connectivity index (χ4v) is 3.15. The van der Waals surface area contributed by atoms with E-state index in [9.17, 15) is 9.59 Å². The largest absolute Gasteiger partial charge is 0.335 e. The average molecular weight is 404 g/mol. The lowest BCUT2D eigenvalue weighted by molar-refractivity contribution is -0.131. The molecule has 0 spiro atoms. The van der Waals surface area contributed by atoms with Gasteiger partial charge in [-0.1, -0.05) is 35.3 Å². The van der Waals surface area contributed by atoms with Crippen molar-refractivity contribution in [2.24, 2.45) is 0 Å². The summed E-state index contributed by atoms with van der Waals surface area (Å²) in [7, 11) is 0. The van der Waals surface area contributed by atoms with Crippen LogP contribution in [0, 0.1) is 0 Å². The number of H-pyrrole nitrogens is 1. The van der Waals surface area contributed by atoms with Crippen LogP contribution < -0.4 is 5.56 Å². The summed E-state index contributed by atoms with van der Waals surface area (Å²) in [5, 5.41) is 1.66. The lowest BCUT2D eigenvalue weighted by Gasteiger charge is -2.20. The van der Waals surface area contributed by atoms with E-state index in [-0.39, 0.29) is 18.0 Å². The molecular formula is C20H19Cl2N3O2. The molecule has 0 saturated carbocycles. The number of carbonyl (C=O) groups excluding carboxylic acids is 1. The second-order valence-corrected chi connectivity index (χ2v) is 7.08. The van der Waals surface area contributed by atoms with E-state index >= 15 is 0 Å². The first kappa shape index (κ1) is 19.4. The number of carbonyl (C=O) groups is 1. The van der Waals surface area contributed by atoms with Gasteiger partial charge < -0.3 is 9.88 Å². The molecular weight excluding hydrogens is 385 g/mol. The van der Waals surface area contributed by atoms with Gasteiger partial charge in [0.1, 0.15) is 5.82 Å². The monoisotopic (exact) mass is 403 g/mol. The van der Waals surface area contributed by atoms with Crippen molar-refractivity contribution in [3.8, 4) is 0 Å². The van der Waals surface area contributed by atoms with E-state index in [1.54, 1.807) is 23.1 Å². The minimum absolute atomic E-state index is 0.00119. The molecule has 0 saturated heterocycles. The number of hydrogen-bond acceptors (Lipinski definition) is 3. The van der Waals surface area contributed by atoms with Crippen LogP contribution in [0.4, 0.5) is 0 Å². The first-order valence-corrected chi connectivity index (χ1v) is 9.42. The molecule has 140 valence electrons. The van der Waals surface area contributed by atoms with Crippen LogP contribution in [-0.2, 0) is 17.8 Å². The Morgan fingerprint density at radius 2 is 1.81 bits per heavy atom. The molecule has 3 rings (SSSR count). The zero-order valence-corrected chi connectivity index (χ0v) is 16.3. The maximum absolute atomic E-state index is 12.6. The second kappa shape index (κ2) is 8.55. The Hall–Kier alpha value is -2.37. The van der Waals surface area contributed by atoms with Crippen LogP contribution in [0.25, 0.3) is 10.9 Å². The van der Waals surface area contributed by atoms with E-state index in [0.717, 1.165) is 5.56 Å². The van der Waals surface area contributed by atoms with E-state index in [0.29, 0.717) is 46.2 Å². The van der Waals surface area contributed by atoms with Gasteiger partial charge in [-0.15, -0.1) is 0 Å². The number of benzene rings is 2. The summed E-state index contributed by atoms with van der Waals surface area (Å²) in [4.78, 5) is 33.7. The van der Waals surface area contributed by atoms with Gasteiger partial charge >= 0.3 is 0 Å². The predicted octanol–water partition coefficient (Wildman–Crippen LogP) is 4.21. The number of nitrogens with one attached hydrogen (secondary N) is 1. The number of aromatic amines is 1. The molecule has 0 unspecified atom stereocenters. The van der Waals surface area contributed by atoms with E-state index in [1.165, 1.54) is 0 Å². The highest BCUT2D eigenvalue weighted by Gasteiger charge is 2.14. The van der Waals surface area contributed by atoms with Gasteiger partial charge in [-0.05, 0) is 49.2 Å². The number of halogens is 2. The van der Waals surface area contributed by atoms with E-state index in [1.807, 2.05) is 31.2 Å². The molecule has 5 nitrogen and oxygen atoms in total. The fraction of sp³-hybridized carbons (Fsp3) is 0.250. The highest BCUT2D eigenvalue weighted by Crippen LogP contribution is 2.15. The molecule has 7 heteroatoms. The van der Waals surface area contributed by atoms with Gasteiger partial charge in [-0.3, -0.25) is 9.59 Å². The molecule has 0 radical (unpaired) electrons. The Balaban J connectivity index is 1.72. The number of hydrogen-bond donors (Lipinski definition) is 1. The third-order valence-electron chi connectivity index (χ3n) is 4.33. The molecule has 1 aromatic heterocycles. The van der Waals surface area contributed by atoms with Crippen molar-refractivity contribution >= 4 is 40.0 Å². The number of rotatable bonds is 6. The topological polar surface area (TPSA) is 66.1 Å². The minimum Gasteiger partial charge on any atom is -0.335 e. The number of aryl methyl sites for hydroxylation is 1. The maximum atomic E-state index is 12.6. The van der Waals surface area contributed by atoms with Crippen LogP contribution >= 0.6 is 23.2 Å². The third-order valence-corrected chi connectivity index (χ3v) is 4.82. The zero-order valence-electron chi connectivity index (χ0n) is 14.8. The van der Waals surface area contributed by atoms with Crippen molar-refractivity contribution in [1.82, 2.24) is 14.9 Å². The maximum Gasteiger partial charge on any atom is 0.258 e. The summed E-state index contributed by atoms with van der Waals surface area (Å²) in [5.41, 5.74) is 1.33. The molecule has 0 aliphatic rings. The number of fused-ring (bicyclic) bond motifs is 1. The molecule has 0 aliphatic heterocycles. The molecule has 0 atom stereocenters.